The van der Waals surface area contributed by atoms with E-state index in [0.29, 0.717) is 31.5 Å². The van der Waals surface area contributed by atoms with Gasteiger partial charge >= 0.3 is 5.97 Å². The summed E-state index contributed by atoms with van der Waals surface area (Å²) >= 11 is 0. The van der Waals surface area contributed by atoms with Gasteiger partial charge in [-0.2, -0.15) is 0 Å². The average molecular weight is 523 g/mol. The van der Waals surface area contributed by atoms with Crippen molar-refractivity contribution < 1.29 is 44.7 Å². The predicted octanol–water partition coefficient (Wildman–Crippen LogP) is 2.15. The van der Waals surface area contributed by atoms with Gasteiger partial charge in [-0.1, -0.05) is 0 Å². The van der Waals surface area contributed by atoms with E-state index in [4.69, 9.17) is 4.74 Å². The normalized spacial score (nSPS) is 17.3. The summed E-state index contributed by atoms with van der Waals surface area (Å²) in [5.74, 6) is -4.50. The molecule has 0 aliphatic carbocycles. The molecule has 0 spiro atoms. The fourth-order valence-corrected chi connectivity index (χ4v) is 4.14. The van der Waals surface area contributed by atoms with Gasteiger partial charge in [0.25, 0.3) is 5.91 Å². The SMILES string of the molecule is O=C(NC1CNCCCC1OC(=O)c1cc(O)c(C(=O)c2ccc(O)c(O)c2)c(O)c1)c1ccc(O)cc1. The molecule has 7 N–H and O–H groups in total. The maximum atomic E-state index is 13.0. The fraction of sp³-hybridized carbons (Fsp3) is 0.222. The second-order valence-electron chi connectivity index (χ2n) is 8.84. The Morgan fingerprint density at radius 2 is 1.42 bits per heavy atom. The highest BCUT2D eigenvalue weighted by atomic mass is 16.5. The highest BCUT2D eigenvalue weighted by molar-refractivity contribution is 6.13. The van der Waals surface area contributed by atoms with Crippen molar-refractivity contribution >= 4 is 17.7 Å². The minimum atomic E-state index is -0.882. The van der Waals surface area contributed by atoms with Crippen molar-refractivity contribution in [3.05, 3.63) is 76.9 Å². The molecule has 1 aliphatic heterocycles. The van der Waals surface area contributed by atoms with Gasteiger partial charge in [0.2, 0.25) is 5.78 Å². The molecular formula is C27H26N2O9. The first-order chi connectivity index (χ1) is 18.1. The van der Waals surface area contributed by atoms with E-state index < -0.39 is 58.4 Å². The highest BCUT2D eigenvalue weighted by Crippen LogP contribution is 2.34. The lowest BCUT2D eigenvalue weighted by molar-refractivity contribution is 0.0191. The summed E-state index contributed by atoms with van der Waals surface area (Å²) in [5, 5.41) is 55.5. The van der Waals surface area contributed by atoms with E-state index in [1.165, 1.54) is 30.3 Å². The molecule has 3 aromatic carbocycles. The lowest BCUT2D eigenvalue weighted by atomic mass is 9.99. The molecule has 198 valence electrons. The lowest BCUT2D eigenvalue weighted by Gasteiger charge is -2.26. The van der Waals surface area contributed by atoms with Crippen LogP contribution in [0, 0.1) is 0 Å². The molecule has 11 nitrogen and oxygen atoms in total. The third-order valence-electron chi connectivity index (χ3n) is 6.16. The maximum Gasteiger partial charge on any atom is 0.338 e. The van der Waals surface area contributed by atoms with Crippen LogP contribution in [0.15, 0.2) is 54.6 Å². The van der Waals surface area contributed by atoms with Crippen LogP contribution < -0.4 is 10.6 Å². The number of nitrogens with one attached hydrogen (secondary N) is 2. The molecule has 4 rings (SSSR count). The summed E-state index contributed by atoms with van der Waals surface area (Å²) in [6.07, 6.45) is 0.356. The number of ether oxygens (including phenoxy) is 1. The molecular weight excluding hydrogens is 496 g/mol. The summed E-state index contributed by atoms with van der Waals surface area (Å²) in [6, 6.07) is 10.3. The van der Waals surface area contributed by atoms with E-state index in [-0.39, 0.29) is 16.9 Å². The van der Waals surface area contributed by atoms with Crippen LogP contribution in [0.3, 0.4) is 0 Å². The number of rotatable bonds is 6. The van der Waals surface area contributed by atoms with E-state index in [2.05, 4.69) is 10.6 Å². The summed E-state index contributed by atoms with van der Waals surface area (Å²) in [6.45, 7) is 0.968. The minimum absolute atomic E-state index is 0.0185. The average Bonchev–Trinajstić information content (AvgIpc) is 3.10. The monoisotopic (exact) mass is 522 g/mol. The Balaban J connectivity index is 1.51. The second-order valence-corrected chi connectivity index (χ2v) is 8.84. The lowest BCUT2D eigenvalue weighted by Crippen LogP contribution is -2.49. The van der Waals surface area contributed by atoms with E-state index >= 15 is 0 Å². The molecule has 1 saturated heterocycles. The van der Waals surface area contributed by atoms with E-state index in [1.54, 1.807) is 0 Å². The van der Waals surface area contributed by atoms with Crippen LogP contribution >= 0.6 is 0 Å². The zero-order chi connectivity index (χ0) is 27.4. The molecule has 1 fully saturated rings. The molecule has 3 aromatic rings. The van der Waals surface area contributed by atoms with Crippen LogP contribution in [0.5, 0.6) is 28.7 Å². The third kappa shape index (κ3) is 5.79. The first-order valence-corrected chi connectivity index (χ1v) is 11.8. The van der Waals surface area contributed by atoms with Gasteiger partial charge in [0.15, 0.2) is 11.5 Å². The molecule has 0 aromatic heterocycles. The van der Waals surface area contributed by atoms with Gasteiger partial charge in [-0.15, -0.1) is 0 Å². The van der Waals surface area contributed by atoms with Crippen molar-refractivity contribution in [1.29, 1.82) is 0 Å². The highest BCUT2D eigenvalue weighted by Gasteiger charge is 2.30. The Bertz CT molecular complexity index is 1350. The molecule has 0 bridgehead atoms. The smallest absolute Gasteiger partial charge is 0.338 e. The van der Waals surface area contributed by atoms with Gasteiger partial charge in [0, 0.05) is 17.7 Å². The molecule has 0 radical (unpaired) electrons. The summed E-state index contributed by atoms with van der Waals surface area (Å²) < 4.78 is 5.65. The Labute approximate surface area is 216 Å². The van der Waals surface area contributed by atoms with Crippen LogP contribution in [0.1, 0.15) is 49.5 Å². The van der Waals surface area contributed by atoms with Crippen LogP contribution in [0.4, 0.5) is 0 Å². The van der Waals surface area contributed by atoms with Crippen molar-refractivity contribution in [2.24, 2.45) is 0 Å². The zero-order valence-electron chi connectivity index (χ0n) is 20.0. The Kier molecular flexibility index (Phi) is 7.68. The number of hydrogen-bond donors (Lipinski definition) is 7. The van der Waals surface area contributed by atoms with Crippen molar-refractivity contribution in [2.45, 2.75) is 25.0 Å². The van der Waals surface area contributed by atoms with Crippen LogP contribution in [-0.2, 0) is 4.74 Å². The van der Waals surface area contributed by atoms with Gasteiger partial charge in [-0.05, 0) is 74.0 Å². The van der Waals surface area contributed by atoms with E-state index in [1.807, 2.05) is 0 Å². The molecule has 2 unspecified atom stereocenters. The van der Waals surface area contributed by atoms with Gasteiger partial charge in [0.05, 0.1) is 11.6 Å². The van der Waals surface area contributed by atoms with Crippen molar-refractivity contribution in [3.63, 3.8) is 0 Å². The first-order valence-electron chi connectivity index (χ1n) is 11.8. The number of benzene rings is 3. The van der Waals surface area contributed by atoms with Gasteiger partial charge in [0.1, 0.15) is 28.9 Å². The summed E-state index contributed by atoms with van der Waals surface area (Å²) in [5.41, 5.74) is -0.510. The number of phenols is 5. The van der Waals surface area contributed by atoms with Crippen LogP contribution in [0.25, 0.3) is 0 Å². The predicted molar refractivity (Wildman–Crippen MR) is 134 cm³/mol. The third-order valence-corrected chi connectivity index (χ3v) is 6.16. The fourth-order valence-electron chi connectivity index (χ4n) is 4.14. The standard InChI is InChI=1S/C27H26N2O9/c30-17-6-3-14(4-7-17)26(36)29-18-13-28-9-1-2-23(18)38-27(37)16-11-21(33)24(22(34)12-16)25(35)15-5-8-19(31)20(32)10-15/h3-8,10-12,18,23,28,30-34H,1-2,9,13H2,(H,29,36). The number of aromatic hydroxyl groups is 5. The maximum absolute atomic E-state index is 13.0. The van der Waals surface area contributed by atoms with E-state index in [0.717, 1.165) is 24.3 Å². The number of carbonyl (C=O) groups is 3. The topological polar surface area (TPSA) is 186 Å². The van der Waals surface area contributed by atoms with Crippen LogP contribution in [0.2, 0.25) is 0 Å². The Morgan fingerprint density at radius 1 is 0.789 bits per heavy atom. The summed E-state index contributed by atoms with van der Waals surface area (Å²) in [4.78, 5) is 38.4. The zero-order valence-corrected chi connectivity index (χ0v) is 20.0. The number of ketones is 1. The quantitative estimate of drug-likeness (QED) is 0.144. The van der Waals surface area contributed by atoms with Gasteiger partial charge in [-0.3, -0.25) is 9.59 Å². The molecule has 11 heteroatoms. The molecule has 2 atom stereocenters. The molecule has 1 aliphatic rings. The Hall–Kier alpha value is -4.77. The summed E-state index contributed by atoms with van der Waals surface area (Å²) in [7, 11) is 0. The van der Waals surface area contributed by atoms with Gasteiger partial charge in [-0.25, -0.2) is 4.79 Å². The Morgan fingerprint density at radius 3 is 2.08 bits per heavy atom. The van der Waals surface area contributed by atoms with E-state index in [9.17, 15) is 39.9 Å². The first kappa shape index (κ1) is 26.3. The number of hydrogen-bond acceptors (Lipinski definition) is 10. The van der Waals surface area contributed by atoms with Crippen molar-refractivity contribution in [3.8, 4) is 28.7 Å². The van der Waals surface area contributed by atoms with Crippen molar-refractivity contribution in [1.82, 2.24) is 10.6 Å². The minimum Gasteiger partial charge on any atom is -0.508 e. The van der Waals surface area contributed by atoms with Crippen LogP contribution in [-0.4, -0.2) is 68.4 Å². The number of carbonyl (C=O) groups excluding carboxylic acids is 3. The number of phenolic OH excluding ortho intramolecular Hbond substituents is 5. The molecule has 0 saturated carbocycles. The largest absolute Gasteiger partial charge is 0.508 e. The molecule has 38 heavy (non-hydrogen) atoms. The van der Waals surface area contributed by atoms with Gasteiger partial charge < -0.3 is 40.9 Å². The van der Waals surface area contributed by atoms with Crippen molar-refractivity contribution in [2.75, 3.05) is 13.1 Å². The number of amides is 1. The second kappa shape index (κ2) is 11.1. The molecule has 1 amide bonds. The number of esters is 1. The molecule has 1 heterocycles.